The predicted octanol–water partition coefficient (Wildman–Crippen LogP) is -0.684. The number of nitrogens with one attached hydrogen (secondary N) is 1. The second-order valence-corrected chi connectivity index (χ2v) is 6.60. The average Bonchev–Trinajstić information content (AvgIpc) is 3.11. The number of nitrogens with zero attached hydrogens (tertiary/aromatic N) is 1. The maximum atomic E-state index is 11.6. The summed E-state index contributed by atoms with van der Waals surface area (Å²) in [6, 6.07) is 0. The Kier molecular flexibility index (Phi) is 3.70. The van der Waals surface area contributed by atoms with Crippen molar-refractivity contribution in [2.75, 3.05) is 26.2 Å². The lowest BCUT2D eigenvalue weighted by Crippen LogP contribution is -2.49. The molecule has 7 heteroatoms. The molecule has 2 rings (SSSR count). The van der Waals surface area contributed by atoms with E-state index < -0.39 is 10.0 Å². The van der Waals surface area contributed by atoms with Crippen LogP contribution in [0.4, 0.5) is 0 Å². The summed E-state index contributed by atoms with van der Waals surface area (Å²) < 4.78 is 31.2. The van der Waals surface area contributed by atoms with E-state index in [0.717, 1.165) is 12.8 Å². The van der Waals surface area contributed by atoms with Crippen LogP contribution in [0.5, 0.6) is 0 Å². The van der Waals surface area contributed by atoms with Crippen molar-refractivity contribution in [3.05, 3.63) is 0 Å². The second-order valence-electron chi connectivity index (χ2n) is 4.55. The van der Waals surface area contributed by atoms with Crippen LogP contribution in [0.25, 0.3) is 0 Å². The molecule has 0 aromatic rings. The molecular formula is C10H18N2O4S. The van der Waals surface area contributed by atoms with E-state index in [1.54, 1.807) is 4.90 Å². The van der Waals surface area contributed by atoms with Gasteiger partial charge in [0.25, 0.3) is 0 Å². The number of morpholine rings is 1. The van der Waals surface area contributed by atoms with Gasteiger partial charge < -0.3 is 9.64 Å². The summed E-state index contributed by atoms with van der Waals surface area (Å²) in [5.41, 5.74) is 0. The Morgan fingerprint density at radius 3 is 2.76 bits per heavy atom. The number of ether oxygens (including phenoxy) is 1. The minimum atomic E-state index is -3.16. The smallest absolute Gasteiger partial charge is 0.219 e. The van der Waals surface area contributed by atoms with Crippen LogP contribution in [0.3, 0.4) is 0 Å². The molecule has 1 amide bonds. The Hall–Kier alpha value is -0.660. The van der Waals surface area contributed by atoms with Gasteiger partial charge in [-0.2, -0.15) is 0 Å². The molecule has 1 aliphatic carbocycles. The van der Waals surface area contributed by atoms with Gasteiger partial charge in [-0.25, -0.2) is 13.1 Å². The number of hydrogen-bond donors (Lipinski definition) is 1. The lowest BCUT2D eigenvalue weighted by Gasteiger charge is -2.32. The van der Waals surface area contributed by atoms with Gasteiger partial charge in [0.2, 0.25) is 15.9 Å². The molecule has 1 heterocycles. The summed E-state index contributed by atoms with van der Waals surface area (Å²) in [4.78, 5) is 12.9. The van der Waals surface area contributed by atoms with E-state index in [9.17, 15) is 13.2 Å². The fourth-order valence-corrected chi connectivity index (χ4v) is 3.24. The van der Waals surface area contributed by atoms with Crippen LogP contribution < -0.4 is 4.72 Å². The molecule has 2 fully saturated rings. The number of sulfonamides is 1. The minimum Gasteiger partial charge on any atom is -0.373 e. The van der Waals surface area contributed by atoms with Crippen molar-refractivity contribution in [1.29, 1.82) is 0 Å². The Morgan fingerprint density at radius 1 is 1.47 bits per heavy atom. The molecule has 1 atom stereocenters. The van der Waals surface area contributed by atoms with Crippen molar-refractivity contribution >= 4 is 15.9 Å². The van der Waals surface area contributed by atoms with E-state index in [4.69, 9.17) is 4.74 Å². The zero-order chi connectivity index (χ0) is 12.5. The average molecular weight is 262 g/mol. The highest BCUT2D eigenvalue weighted by Gasteiger charge is 2.36. The summed E-state index contributed by atoms with van der Waals surface area (Å²) in [5.74, 6) is 0.00310. The van der Waals surface area contributed by atoms with Crippen LogP contribution in [-0.4, -0.2) is 56.8 Å². The maximum Gasteiger partial charge on any atom is 0.219 e. The fourth-order valence-electron chi connectivity index (χ4n) is 1.83. The number of rotatable bonds is 4. The monoisotopic (exact) mass is 262 g/mol. The first-order valence-corrected chi connectivity index (χ1v) is 7.39. The second kappa shape index (κ2) is 4.91. The van der Waals surface area contributed by atoms with Crippen molar-refractivity contribution < 1.29 is 17.9 Å². The van der Waals surface area contributed by atoms with Gasteiger partial charge in [-0.15, -0.1) is 0 Å². The third-order valence-electron chi connectivity index (χ3n) is 3.06. The molecule has 0 bridgehead atoms. The molecule has 2 aliphatic rings. The minimum absolute atomic E-state index is 0.00310. The normalized spacial score (nSPS) is 25.9. The molecule has 98 valence electrons. The van der Waals surface area contributed by atoms with Gasteiger partial charge in [0.15, 0.2) is 0 Å². The molecule has 1 saturated carbocycles. The summed E-state index contributed by atoms with van der Waals surface area (Å²) in [7, 11) is -3.16. The number of hydrogen-bond acceptors (Lipinski definition) is 4. The predicted molar refractivity (Wildman–Crippen MR) is 61.9 cm³/mol. The van der Waals surface area contributed by atoms with Gasteiger partial charge in [-0.05, 0) is 12.8 Å². The molecule has 1 N–H and O–H groups in total. The molecule has 1 unspecified atom stereocenters. The fraction of sp³-hybridized carbons (Fsp3) is 0.900. The van der Waals surface area contributed by atoms with Crippen LogP contribution in [0.2, 0.25) is 0 Å². The zero-order valence-electron chi connectivity index (χ0n) is 9.89. The SMILES string of the molecule is CC(=O)N1CCOC(CNS(=O)(=O)C2CC2)C1. The van der Waals surface area contributed by atoms with E-state index in [-0.39, 0.29) is 23.8 Å². The van der Waals surface area contributed by atoms with Crippen molar-refractivity contribution in [1.82, 2.24) is 9.62 Å². The summed E-state index contributed by atoms with van der Waals surface area (Å²) in [5, 5.41) is -0.213. The Bertz CT molecular complexity index is 391. The van der Waals surface area contributed by atoms with Crippen molar-refractivity contribution in [3.63, 3.8) is 0 Å². The van der Waals surface area contributed by atoms with Crippen molar-refractivity contribution in [2.45, 2.75) is 31.1 Å². The third-order valence-corrected chi connectivity index (χ3v) is 4.98. The van der Waals surface area contributed by atoms with Gasteiger partial charge >= 0.3 is 0 Å². The van der Waals surface area contributed by atoms with Crippen molar-refractivity contribution in [2.24, 2.45) is 0 Å². The third kappa shape index (κ3) is 3.40. The Balaban J connectivity index is 1.81. The van der Waals surface area contributed by atoms with E-state index in [0.29, 0.717) is 19.7 Å². The van der Waals surface area contributed by atoms with E-state index in [1.807, 2.05) is 0 Å². The molecule has 0 radical (unpaired) electrons. The molecule has 0 aromatic carbocycles. The lowest BCUT2D eigenvalue weighted by atomic mass is 10.3. The van der Waals surface area contributed by atoms with Crippen molar-refractivity contribution in [3.8, 4) is 0 Å². The molecule has 6 nitrogen and oxygen atoms in total. The topological polar surface area (TPSA) is 75.7 Å². The largest absolute Gasteiger partial charge is 0.373 e. The molecule has 0 aromatic heterocycles. The highest BCUT2D eigenvalue weighted by atomic mass is 32.2. The van der Waals surface area contributed by atoms with E-state index in [1.165, 1.54) is 6.92 Å². The van der Waals surface area contributed by atoms with Crippen LogP contribution in [-0.2, 0) is 19.6 Å². The molecular weight excluding hydrogens is 244 g/mol. The van der Waals surface area contributed by atoms with Crippen LogP contribution in [0, 0.1) is 0 Å². The molecule has 0 spiro atoms. The van der Waals surface area contributed by atoms with Crippen LogP contribution in [0.1, 0.15) is 19.8 Å². The molecule has 1 aliphatic heterocycles. The maximum absolute atomic E-state index is 11.6. The van der Waals surface area contributed by atoms with Gasteiger partial charge in [-0.1, -0.05) is 0 Å². The summed E-state index contributed by atoms with van der Waals surface area (Å²) in [6.07, 6.45) is 1.27. The lowest BCUT2D eigenvalue weighted by molar-refractivity contribution is -0.136. The van der Waals surface area contributed by atoms with Crippen LogP contribution >= 0.6 is 0 Å². The Labute approximate surface area is 101 Å². The van der Waals surface area contributed by atoms with Gasteiger partial charge in [-0.3, -0.25) is 4.79 Å². The first-order chi connectivity index (χ1) is 7.99. The number of amides is 1. The summed E-state index contributed by atoms with van der Waals surface area (Å²) >= 11 is 0. The number of carbonyl (C=O) groups is 1. The highest BCUT2D eigenvalue weighted by molar-refractivity contribution is 7.90. The molecule has 1 saturated heterocycles. The molecule has 17 heavy (non-hydrogen) atoms. The van der Waals surface area contributed by atoms with Gasteiger partial charge in [0, 0.05) is 26.6 Å². The first-order valence-electron chi connectivity index (χ1n) is 5.84. The quantitative estimate of drug-likeness (QED) is 0.728. The van der Waals surface area contributed by atoms with E-state index in [2.05, 4.69) is 4.72 Å². The Morgan fingerprint density at radius 2 is 2.18 bits per heavy atom. The number of carbonyl (C=O) groups excluding carboxylic acids is 1. The summed E-state index contributed by atoms with van der Waals surface area (Å²) in [6.45, 7) is 3.28. The van der Waals surface area contributed by atoms with E-state index >= 15 is 0 Å². The first kappa shape index (κ1) is 12.8. The van der Waals surface area contributed by atoms with Crippen LogP contribution in [0.15, 0.2) is 0 Å². The highest BCUT2D eigenvalue weighted by Crippen LogP contribution is 2.27. The zero-order valence-corrected chi connectivity index (χ0v) is 10.7. The standard InChI is InChI=1S/C10H18N2O4S/c1-8(13)12-4-5-16-9(7-12)6-11-17(14,15)10-2-3-10/h9-11H,2-7H2,1H3. The van der Waals surface area contributed by atoms with Gasteiger partial charge in [0.1, 0.15) is 0 Å². The van der Waals surface area contributed by atoms with Gasteiger partial charge in [0.05, 0.1) is 18.0 Å².